The molecule has 4 rings (SSSR count). The lowest BCUT2D eigenvalue weighted by atomic mass is 10.0. The average Bonchev–Trinajstić information content (AvgIpc) is 2.95. The molecule has 0 aliphatic carbocycles. The lowest BCUT2D eigenvalue weighted by molar-refractivity contribution is 0.438. The van der Waals surface area contributed by atoms with Crippen LogP contribution in [-0.4, -0.2) is 15.1 Å². The van der Waals surface area contributed by atoms with Crippen molar-refractivity contribution in [3.63, 3.8) is 0 Å². The number of rotatable bonds is 3. The number of aromatic nitrogens is 3. The Morgan fingerprint density at radius 1 is 1.05 bits per heavy atom. The second-order valence-corrected chi connectivity index (χ2v) is 6.08. The maximum atomic E-state index is 5.27. The highest BCUT2D eigenvalue weighted by Crippen LogP contribution is 2.22. The number of halogens is 1. The maximum absolute atomic E-state index is 5.27. The molecule has 0 unspecified atom stereocenters. The van der Waals surface area contributed by atoms with Crippen LogP contribution in [0.4, 0.5) is 0 Å². The monoisotopic (exact) mass is 353 g/mol. The Bertz CT molecular complexity index is 964. The second kappa shape index (κ2) is 5.50. The number of pyridine rings is 2. The Labute approximate surface area is 135 Å². The molecular formula is C17H12BrN3O. The van der Waals surface area contributed by atoms with Crippen LogP contribution in [0.25, 0.3) is 22.0 Å². The van der Waals surface area contributed by atoms with Gasteiger partial charge in [-0.05, 0) is 58.6 Å². The predicted octanol–water partition coefficient (Wildman–Crippen LogP) is 4.32. The van der Waals surface area contributed by atoms with Gasteiger partial charge in [0, 0.05) is 22.3 Å². The summed E-state index contributed by atoms with van der Waals surface area (Å²) in [6, 6.07) is 12.4. The van der Waals surface area contributed by atoms with Gasteiger partial charge in [0.1, 0.15) is 0 Å². The van der Waals surface area contributed by atoms with Crippen LogP contribution in [0.5, 0.6) is 0 Å². The first kappa shape index (κ1) is 13.4. The molecule has 4 nitrogen and oxygen atoms in total. The van der Waals surface area contributed by atoms with Gasteiger partial charge in [-0.15, -0.1) is 0 Å². The van der Waals surface area contributed by atoms with Crippen LogP contribution in [0.1, 0.15) is 11.3 Å². The first-order valence-electron chi connectivity index (χ1n) is 7.03. The fraction of sp³-hybridized carbons (Fsp3) is 0.118. The van der Waals surface area contributed by atoms with Crippen LogP contribution >= 0.6 is 15.9 Å². The minimum absolute atomic E-state index is 0.584. The molecule has 0 spiro atoms. The van der Waals surface area contributed by atoms with Gasteiger partial charge in [-0.2, -0.15) is 0 Å². The molecule has 0 atom stereocenters. The zero-order valence-corrected chi connectivity index (χ0v) is 13.2. The van der Waals surface area contributed by atoms with Crippen molar-refractivity contribution in [1.29, 1.82) is 0 Å². The first-order valence-corrected chi connectivity index (χ1v) is 7.82. The molecule has 0 amide bonds. The topological polar surface area (TPSA) is 51.8 Å². The van der Waals surface area contributed by atoms with Crippen LogP contribution in [0, 0.1) is 0 Å². The fourth-order valence-corrected chi connectivity index (χ4v) is 2.91. The number of hydrogen-bond donors (Lipinski definition) is 0. The van der Waals surface area contributed by atoms with Gasteiger partial charge in [0.15, 0.2) is 0 Å². The van der Waals surface area contributed by atoms with Gasteiger partial charge in [0.25, 0.3) is 5.71 Å². The Hall–Kier alpha value is -2.27. The third-order valence-corrected chi connectivity index (χ3v) is 4.12. The van der Waals surface area contributed by atoms with E-state index in [0.717, 1.165) is 39.3 Å². The molecule has 0 aliphatic heterocycles. The van der Waals surface area contributed by atoms with Crippen molar-refractivity contribution in [3.8, 4) is 0 Å². The van der Waals surface area contributed by atoms with Gasteiger partial charge in [-0.1, -0.05) is 17.3 Å². The lowest BCUT2D eigenvalue weighted by Gasteiger charge is -2.02. The molecular weight excluding hydrogens is 342 g/mol. The molecule has 0 bridgehead atoms. The summed E-state index contributed by atoms with van der Waals surface area (Å²) in [7, 11) is 0. The fourth-order valence-electron chi connectivity index (χ4n) is 2.58. The molecule has 0 fully saturated rings. The van der Waals surface area contributed by atoms with Gasteiger partial charge in [-0.25, -0.2) is 4.98 Å². The molecule has 22 heavy (non-hydrogen) atoms. The van der Waals surface area contributed by atoms with E-state index in [1.54, 1.807) is 6.20 Å². The SMILES string of the molecule is Brc1cnc2onc(CCc3ccc4ncccc4c3)c2c1. The number of fused-ring (bicyclic) bond motifs is 2. The highest BCUT2D eigenvalue weighted by Gasteiger charge is 2.10. The summed E-state index contributed by atoms with van der Waals surface area (Å²) in [4.78, 5) is 8.56. The number of aryl methyl sites for hydroxylation is 2. The largest absolute Gasteiger partial charge is 0.336 e. The van der Waals surface area contributed by atoms with E-state index >= 15 is 0 Å². The highest BCUT2D eigenvalue weighted by molar-refractivity contribution is 9.10. The van der Waals surface area contributed by atoms with Crippen molar-refractivity contribution < 1.29 is 4.52 Å². The van der Waals surface area contributed by atoms with Gasteiger partial charge in [0.2, 0.25) is 0 Å². The molecule has 1 aromatic carbocycles. The van der Waals surface area contributed by atoms with Crippen molar-refractivity contribution in [2.75, 3.05) is 0 Å². The second-order valence-electron chi connectivity index (χ2n) is 5.17. The summed E-state index contributed by atoms with van der Waals surface area (Å²) in [5, 5.41) is 6.27. The quantitative estimate of drug-likeness (QED) is 0.550. The van der Waals surface area contributed by atoms with Crippen molar-refractivity contribution in [3.05, 3.63) is 64.5 Å². The van der Waals surface area contributed by atoms with E-state index in [4.69, 9.17) is 4.52 Å². The Kier molecular flexibility index (Phi) is 3.35. The van der Waals surface area contributed by atoms with E-state index in [9.17, 15) is 0 Å². The molecule has 3 heterocycles. The van der Waals surface area contributed by atoms with E-state index in [-0.39, 0.29) is 0 Å². The molecule has 108 valence electrons. The van der Waals surface area contributed by atoms with Gasteiger partial charge in [-0.3, -0.25) is 4.98 Å². The smallest absolute Gasteiger partial charge is 0.257 e. The molecule has 0 saturated carbocycles. The third kappa shape index (κ3) is 2.48. The number of nitrogens with zero attached hydrogens (tertiary/aromatic N) is 3. The number of hydrogen-bond acceptors (Lipinski definition) is 4. The molecule has 4 aromatic rings. The van der Waals surface area contributed by atoms with Crippen LogP contribution in [0.2, 0.25) is 0 Å². The van der Waals surface area contributed by atoms with E-state index in [2.05, 4.69) is 55.3 Å². The summed E-state index contributed by atoms with van der Waals surface area (Å²) in [6.07, 6.45) is 5.25. The molecule has 0 saturated heterocycles. The van der Waals surface area contributed by atoms with Crippen LogP contribution < -0.4 is 0 Å². The summed E-state index contributed by atoms with van der Waals surface area (Å²) in [6.45, 7) is 0. The molecule has 5 heteroatoms. The summed E-state index contributed by atoms with van der Waals surface area (Å²) >= 11 is 3.44. The summed E-state index contributed by atoms with van der Waals surface area (Å²) in [5.74, 6) is 0. The third-order valence-electron chi connectivity index (χ3n) is 3.69. The first-order chi connectivity index (χ1) is 10.8. The lowest BCUT2D eigenvalue weighted by Crippen LogP contribution is -1.93. The Balaban J connectivity index is 1.61. The summed E-state index contributed by atoms with van der Waals surface area (Å²) < 4.78 is 6.20. The van der Waals surface area contributed by atoms with Crippen LogP contribution in [-0.2, 0) is 12.8 Å². The van der Waals surface area contributed by atoms with Gasteiger partial charge < -0.3 is 4.52 Å². The molecule has 0 aliphatic rings. The molecule has 3 aromatic heterocycles. The Morgan fingerprint density at radius 2 is 2.00 bits per heavy atom. The predicted molar refractivity (Wildman–Crippen MR) is 88.7 cm³/mol. The molecule has 0 N–H and O–H groups in total. The van der Waals surface area contributed by atoms with E-state index in [1.165, 1.54) is 5.56 Å². The average molecular weight is 354 g/mol. The van der Waals surface area contributed by atoms with Gasteiger partial charge >= 0.3 is 0 Å². The van der Waals surface area contributed by atoms with Crippen molar-refractivity contribution in [1.82, 2.24) is 15.1 Å². The standard InChI is InChI=1S/C17H12BrN3O/c18-13-9-14-16(21-22-17(14)20-10-13)6-4-11-3-5-15-12(8-11)2-1-7-19-15/h1-3,5,7-10H,4,6H2. The van der Waals surface area contributed by atoms with Crippen LogP contribution in [0.15, 0.2) is 57.8 Å². The van der Waals surface area contributed by atoms with E-state index in [1.807, 2.05) is 18.3 Å². The minimum atomic E-state index is 0.584. The van der Waals surface area contributed by atoms with Gasteiger partial charge in [0.05, 0.1) is 16.6 Å². The molecule has 0 radical (unpaired) electrons. The van der Waals surface area contributed by atoms with Crippen LogP contribution in [0.3, 0.4) is 0 Å². The zero-order chi connectivity index (χ0) is 14.9. The van der Waals surface area contributed by atoms with E-state index in [0.29, 0.717) is 5.71 Å². The van der Waals surface area contributed by atoms with Crippen molar-refractivity contribution in [2.45, 2.75) is 12.8 Å². The minimum Gasteiger partial charge on any atom is -0.336 e. The maximum Gasteiger partial charge on any atom is 0.257 e. The summed E-state index contributed by atoms with van der Waals surface area (Å²) in [5.41, 5.74) is 3.81. The Morgan fingerprint density at radius 3 is 2.95 bits per heavy atom. The number of benzene rings is 1. The van der Waals surface area contributed by atoms with Crippen molar-refractivity contribution >= 4 is 37.9 Å². The van der Waals surface area contributed by atoms with Crippen molar-refractivity contribution in [2.24, 2.45) is 0 Å². The van der Waals surface area contributed by atoms with E-state index < -0.39 is 0 Å². The highest BCUT2D eigenvalue weighted by atomic mass is 79.9. The normalized spacial score (nSPS) is 11.3. The zero-order valence-electron chi connectivity index (χ0n) is 11.7.